The Morgan fingerprint density at radius 2 is 2.16 bits per heavy atom. The fourth-order valence-corrected chi connectivity index (χ4v) is 2.84. The molecule has 2 rings (SSSR count). The molecule has 0 saturated carbocycles. The van der Waals surface area contributed by atoms with Crippen LogP contribution in [0.4, 0.5) is 0 Å². The Morgan fingerprint density at radius 1 is 1.47 bits per heavy atom. The lowest BCUT2D eigenvalue weighted by Crippen LogP contribution is -2.51. The predicted octanol–water partition coefficient (Wildman–Crippen LogP) is 1.87. The summed E-state index contributed by atoms with van der Waals surface area (Å²) in [6.07, 6.45) is 1.92. The Balaban J connectivity index is 2.11. The molecular formula is C14H19IN2O2. The van der Waals surface area contributed by atoms with Gasteiger partial charge in [-0.25, -0.2) is 0 Å². The minimum Gasteiger partial charge on any atom is -0.381 e. The van der Waals surface area contributed by atoms with E-state index in [9.17, 15) is 4.79 Å². The van der Waals surface area contributed by atoms with Gasteiger partial charge in [-0.1, -0.05) is 0 Å². The van der Waals surface area contributed by atoms with Gasteiger partial charge in [0.2, 0.25) is 0 Å². The van der Waals surface area contributed by atoms with Crippen LogP contribution in [0.25, 0.3) is 0 Å². The Hall–Kier alpha value is -0.660. The number of carbonyl (C=O) groups is 1. The van der Waals surface area contributed by atoms with Gasteiger partial charge in [0.05, 0.1) is 6.10 Å². The highest BCUT2D eigenvalue weighted by molar-refractivity contribution is 14.1. The predicted molar refractivity (Wildman–Crippen MR) is 83.1 cm³/mol. The summed E-state index contributed by atoms with van der Waals surface area (Å²) in [5.74, 6) is 0.0707. The molecule has 0 bridgehead atoms. The van der Waals surface area contributed by atoms with Crippen LogP contribution >= 0.6 is 22.6 Å². The number of carbonyl (C=O) groups excluding carboxylic acids is 1. The van der Waals surface area contributed by atoms with E-state index in [1.807, 2.05) is 29.2 Å². The van der Waals surface area contributed by atoms with E-state index in [4.69, 9.17) is 10.5 Å². The Labute approximate surface area is 127 Å². The zero-order valence-electron chi connectivity index (χ0n) is 11.0. The van der Waals surface area contributed by atoms with Crippen LogP contribution in [0.15, 0.2) is 24.3 Å². The maximum atomic E-state index is 12.5. The molecular weight excluding hydrogens is 355 g/mol. The fourth-order valence-electron chi connectivity index (χ4n) is 2.48. The van der Waals surface area contributed by atoms with Crippen LogP contribution in [0.3, 0.4) is 0 Å². The zero-order valence-corrected chi connectivity index (χ0v) is 13.2. The highest BCUT2D eigenvalue weighted by atomic mass is 127. The highest BCUT2D eigenvalue weighted by Gasteiger charge is 2.31. The first-order valence-electron chi connectivity index (χ1n) is 6.45. The Morgan fingerprint density at radius 3 is 2.74 bits per heavy atom. The van der Waals surface area contributed by atoms with Crippen LogP contribution in [-0.2, 0) is 4.74 Å². The van der Waals surface area contributed by atoms with Gasteiger partial charge in [-0.2, -0.15) is 0 Å². The summed E-state index contributed by atoms with van der Waals surface area (Å²) in [4.78, 5) is 14.4. The number of nitrogens with two attached hydrogens (primary N) is 1. The van der Waals surface area contributed by atoms with Gasteiger partial charge in [0, 0.05) is 35.4 Å². The van der Waals surface area contributed by atoms with E-state index in [1.54, 1.807) is 7.11 Å². The van der Waals surface area contributed by atoms with Gasteiger partial charge in [-0.05, 0) is 59.7 Å². The zero-order chi connectivity index (χ0) is 13.8. The summed E-state index contributed by atoms with van der Waals surface area (Å²) < 4.78 is 6.51. The Kier molecular flexibility index (Phi) is 5.18. The summed E-state index contributed by atoms with van der Waals surface area (Å²) in [5, 5.41) is 0. The number of methoxy groups -OCH3 is 1. The summed E-state index contributed by atoms with van der Waals surface area (Å²) in [5.41, 5.74) is 6.53. The van der Waals surface area contributed by atoms with E-state index in [0.29, 0.717) is 13.1 Å². The van der Waals surface area contributed by atoms with E-state index >= 15 is 0 Å². The number of rotatable bonds is 3. The van der Waals surface area contributed by atoms with Crippen molar-refractivity contribution in [2.24, 2.45) is 5.73 Å². The van der Waals surface area contributed by atoms with Crippen molar-refractivity contribution in [2.45, 2.75) is 25.0 Å². The van der Waals surface area contributed by atoms with Crippen LogP contribution in [0.2, 0.25) is 0 Å². The maximum Gasteiger partial charge on any atom is 0.254 e. The van der Waals surface area contributed by atoms with E-state index in [0.717, 1.165) is 22.0 Å². The topological polar surface area (TPSA) is 55.6 Å². The van der Waals surface area contributed by atoms with Gasteiger partial charge in [-0.15, -0.1) is 0 Å². The number of ether oxygens (including phenoxy) is 1. The lowest BCUT2D eigenvalue weighted by Gasteiger charge is -2.38. The second kappa shape index (κ2) is 6.67. The van der Waals surface area contributed by atoms with Crippen LogP contribution in [0.5, 0.6) is 0 Å². The molecule has 1 fully saturated rings. The summed E-state index contributed by atoms with van der Waals surface area (Å²) >= 11 is 2.23. The monoisotopic (exact) mass is 374 g/mol. The van der Waals surface area contributed by atoms with E-state index in [1.165, 1.54) is 0 Å². The van der Waals surface area contributed by atoms with Crippen molar-refractivity contribution in [3.05, 3.63) is 33.4 Å². The first-order valence-corrected chi connectivity index (χ1v) is 7.53. The van der Waals surface area contributed by atoms with E-state index in [-0.39, 0.29) is 18.1 Å². The quantitative estimate of drug-likeness (QED) is 0.822. The van der Waals surface area contributed by atoms with Crippen LogP contribution in [0, 0.1) is 3.57 Å². The molecule has 1 aromatic rings. The van der Waals surface area contributed by atoms with E-state index in [2.05, 4.69) is 22.6 Å². The molecule has 2 unspecified atom stereocenters. The van der Waals surface area contributed by atoms with Crippen molar-refractivity contribution in [3.8, 4) is 0 Å². The first-order chi connectivity index (χ1) is 9.15. The number of benzene rings is 1. The molecule has 104 valence electrons. The summed E-state index contributed by atoms with van der Waals surface area (Å²) in [6.45, 7) is 1.20. The molecule has 19 heavy (non-hydrogen) atoms. The third-order valence-electron chi connectivity index (χ3n) is 3.63. The molecule has 2 atom stereocenters. The smallest absolute Gasteiger partial charge is 0.254 e. The normalized spacial score (nSPS) is 23.4. The molecule has 0 spiro atoms. The molecule has 0 aromatic heterocycles. The lowest BCUT2D eigenvalue weighted by atomic mass is 9.98. The van der Waals surface area contributed by atoms with Crippen LogP contribution < -0.4 is 5.73 Å². The third kappa shape index (κ3) is 3.46. The molecule has 1 aliphatic rings. The van der Waals surface area contributed by atoms with Crippen molar-refractivity contribution in [2.75, 3.05) is 20.2 Å². The fraction of sp³-hybridized carbons (Fsp3) is 0.500. The minimum absolute atomic E-state index is 0.0707. The minimum atomic E-state index is 0.0707. The van der Waals surface area contributed by atoms with Gasteiger partial charge < -0.3 is 15.4 Å². The number of piperidine rings is 1. The number of amides is 1. The highest BCUT2D eigenvalue weighted by Crippen LogP contribution is 2.21. The number of halogens is 1. The van der Waals surface area contributed by atoms with E-state index < -0.39 is 0 Å². The van der Waals surface area contributed by atoms with Crippen LogP contribution in [0.1, 0.15) is 23.2 Å². The Bertz CT molecular complexity index is 436. The molecule has 1 aliphatic heterocycles. The number of hydrogen-bond acceptors (Lipinski definition) is 3. The molecule has 1 heterocycles. The van der Waals surface area contributed by atoms with Crippen LogP contribution in [-0.4, -0.2) is 43.2 Å². The van der Waals surface area contributed by atoms with Gasteiger partial charge in [-0.3, -0.25) is 4.79 Å². The van der Waals surface area contributed by atoms with Gasteiger partial charge >= 0.3 is 0 Å². The number of hydrogen-bond donors (Lipinski definition) is 1. The second-order valence-electron chi connectivity index (χ2n) is 4.78. The second-order valence-corrected chi connectivity index (χ2v) is 6.02. The molecule has 4 nitrogen and oxygen atoms in total. The molecule has 2 N–H and O–H groups in total. The van der Waals surface area contributed by atoms with Gasteiger partial charge in [0.1, 0.15) is 0 Å². The van der Waals surface area contributed by atoms with Crippen molar-refractivity contribution in [3.63, 3.8) is 0 Å². The molecule has 1 amide bonds. The molecule has 0 aliphatic carbocycles. The summed E-state index contributed by atoms with van der Waals surface area (Å²) in [7, 11) is 1.72. The van der Waals surface area contributed by atoms with Crippen molar-refractivity contribution in [1.29, 1.82) is 0 Å². The van der Waals surface area contributed by atoms with Crippen molar-refractivity contribution in [1.82, 2.24) is 4.90 Å². The first kappa shape index (κ1) is 14.7. The largest absolute Gasteiger partial charge is 0.381 e. The average Bonchev–Trinajstić information content (AvgIpc) is 2.46. The molecule has 0 radical (unpaired) electrons. The average molecular weight is 374 g/mol. The SMILES string of the molecule is COC1CCN(C(=O)c2ccc(I)cc2)C(CN)C1. The molecule has 1 saturated heterocycles. The number of nitrogens with zero attached hydrogens (tertiary/aromatic N) is 1. The number of likely N-dealkylation sites (tertiary alicyclic amines) is 1. The molecule has 1 aromatic carbocycles. The van der Waals surface area contributed by atoms with Gasteiger partial charge in [0.25, 0.3) is 5.91 Å². The third-order valence-corrected chi connectivity index (χ3v) is 4.34. The standard InChI is InChI=1S/C14H19IN2O2/c1-19-13-6-7-17(12(8-13)9-16)14(18)10-2-4-11(15)5-3-10/h2-5,12-13H,6-9,16H2,1H3. The summed E-state index contributed by atoms with van der Waals surface area (Å²) in [6, 6.07) is 7.73. The van der Waals surface area contributed by atoms with Crippen molar-refractivity contribution < 1.29 is 9.53 Å². The lowest BCUT2D eigenvalue weighted by molar-refractivity contribution is 0.0139. The van der Waals surface area contributed by atoms with Crippen molar-refractivity contribution >= 4 is 28.5 Å². The molecule has 5 heteroatoms. The maximum absolute atomic E-state index is 12.5. The van der Waals surface area contributed by atoms with Gasteiger partial charge in [0.15, 0.2) is 0 Å².